The van der Waals surface area contributed by atoms with Crippen molar-refractivity contribution in [2.45, 2.75) is 19.6 Å². The number of alkyl halides is 2. The van der Waals surface area contributed by atoms with Gasteiger partial charge in [0.25, 0.3) is 5.91 Å². The van der Waals surface area contributed by atoms with E-state index < -0.39 is 24.4 Å². The van der Waals surface area contributed by atoms with E-state index in [1.54, 1.807) is 19.1 Å². The van der Waals surface area contributed by atoms with Crippen molar-refractivity contribution in [3.05, 3.63) is 63.9 Å². The minimum atomic E-state index is -2.91. The maximum atomic E-state index is 13.1. The number of amides is 1. The van der Waals surface area contributed by atoms with Crippen LogP contribution < -0.4 is 10.1 Å². The standard InChI is InChI=1S/C16H13BrF3NO2/c1-9(10-3-2-4-12(7-10)23-16(19)20)21-15(22)13-6-5-11(18)8-14(13)17/h2-9,16H,1H3,(H,21,22). The lowest BCUT2D eigenvalue weighted by atomic mass is 10.1. The van der Waals surface area contributed by atoms with Crippen LogP contribution in [0.4, 0.5) is 13.2 Å². The highest BCUT2D eigenvalue weighted by molar-refractivity contribution is 9.10. The molecule has 0 aliphatic carbocycles. The molecular weight excluding hydrogens is 375 g/mol. The Balaban J connectivity index is 2.12. The van der Waals surface area contributed by atoms with E-state index in [4.69, 9.17) is 0 Å². The van der Waals surface area contributed by atoms with Crippen LogP contribution in [0.15, 0.2) is 46.9 Å². The molecule has 1 N–H and O–H groups in total. The van der Waals surface area contributed by atoms with Crippen LogP contribution in [0.25, 0.3) is 0 Å². The van der Waals surface area contributed by atoms with Crippen LogP contribution in [0.5, 0.6) is 5.75 Å². The molecule has 1 atom stereocenters. The number of ether oxygens (including phenoxy) is 1. The Morgan fingerprint density at radius 2 is 1.96 bits per heavy atom. The Labute approximate surface area is 139 Å². The van der Waals surface area contributed by atoms with Gasteiger partial charge in [0.05, 0.1) is 11.6 Å². The van der Waals surface area contributed by atoms with Crippen LogP contribution in [0.3, 0.4) is 0 Å². The first kappa shape index (κ1) is 17.3. The smallest absolute Gasteiger partial charge is 0.387 e. The zero-order valence-corrected chi connectivity index (χ0v) is 13.6. The van der Waals surface area contributed by atoms with E-state index >= 15 is 0 Å². The first-order chi connectivity index (χ1) is 10.9. The topological polar surface area (TPSA) is 38.3 Å². The maximum Gasteiger partial charge on any atom is 0.387 e. The molecular formula is C16H13BrF3NO2. The fourth-order valence-electron chi connectivity index (χ4n) is 1.99. The quantitative estimate of drug-likeness (QED) is 0.808. The summed E-state index contributed by atoms with van der Waals surface area (Å²) in [4.78, 5) is 12.2. The third kappa shape index (κ3) is 4.72. The second-order valence-corrected chi connectivity index (χ2v) is 5.62. The number of carbonyl (C=O) groups is 1. The van der Waals surface area contributed by atoms with Crippen LogP contribution in [-0.4, -0.2) is 12.5 Å². The summed E-state index contributed by atoms with van der Waals surface area (Å²) in [5.74, 6) is -0.857. The summed E-state index contributed by atoms with van der Waals surface area (Å²) < 4.78 is 42.2. The van der Waals surface area contributed by atoms with Crippen molar-refractivity contribution in [1.29, 1.82) is 0 Å². The fraction of sp³-hybridized carbons (Fsp3) is 0.188. The SMILES string of the molecule is CC(NC(=O)c1ccc(F)cc1Br)c1cccc(OC(F)F)c1. The molecule has 0 aliphatic heterocycles. The van der Waals surface area contributed by atoms with Crippen molar-refractivity contribution >= 4 is 21.8 Å². The van der Waals surface area contributed by atoms with Crippen molar-refractivity contribution in [1.82, 2.24) is 5.32 Å². The van der Waals surface area contributed by atoms with Gasteiger partial charge in [-0.2, -0.15) is 8.78 Å². The summed E-state index contributed by atoms with van der Waals surface area (Å²) >= 11 is 3.13. The molecule has 0 aromatic heterocycles. The van der Waals surface area contributed by atoms with Crippen LogP contribution in [0, 0.1) is 5.82 Å². The Kier molecular flexibility index (Phi) is 5.65. The van der Waals surface area contributed by atoms with Gasteiger partial charge in [0.15, 0.2) is 0 Å². The molecule has 1 amide bonds. The van der Waals surface area contributed by atoms with Crippen molar-refractivity contribution in [3.8, 4) is 5.75 Å². The largest absolute Gasteiger partial charge is 0.435 e. The highest BCUT2D eigenvalue weighted by atomic mass is 79.9. The van der Waals surface area contributed by atoms with Gasteiger partial charge in [0, 0.05) is 4.47 Å². The van der Waals surface area contributed by atoms with Crippen LogP contribution in [0.1, 0.15) is 28.9 Å². The summed E-state index contributed by atoms with van der Waals surface area (Å²) in [5, 5.41) is 2.72. The van der Waals surface area contributed by atoms with Gasteiger partial charge in [-0.1, -0.05) is 12.1 Å². The molecule has 0 spiro atoms. The Bertz CT molecular complexity index is 709. The Morgan fingerprint density at radius 1 is 1.22 bits per heavy atom. The second-order valence-electron chi connectivity index (χ2n) is 4.77. The van der Waals surface area contributed by atoms with E-state index in [9.17, 15) is 18.0 Å². The zero-order valence-electron chi connectivity index (χ0n) is 12.0. The summed E-state index contributed by atoms with van der Waals surface area (Å²) in [5.41, 5.74) is 0.882. The lowest BCUT2D eigenvalue weighted by Crippen LogP contribution is -2.27. The lowest BCUT2D eigenvalue weighted by molar-refractivity contribution is -0.0499. The van der Waals surface area contributed by atoms with E-state index in [1.165, 1.54) is 30.3 Å². The van der Waals surface area contributed by atoms with Crippen LogP contribution in [0.2, 0.25) is 0 Å². The van der Waals surface area contributed by atoms with E-state index in [0.29, 0.717) is 10.0 Å². The van der Waals surface area contributed by atoms with E-state index in [-0.39, 0.29) is 11.3 Å². The average Bonchev–Trinajstić information content (AvgIpc) is 2.46. The highest BCUT2D eigenvalue weighted by Gasteiger charge is 2.15. The number of hydrogen-bond acceptors (Lipinski definition) is 2. The van der Waals surface area contributed by atoms with E-state index in [2.05, 4.69) is 26.0 Å². The molecule has 0 fully saturated rings. The molecule has 2 aromatic rings. The molecule has 7 heteroatoms. The first-order valence-corrected chi connectivity index (χ1v) is 7.47. The zero-order chi connectivity index (χ0) is 17.0. The van der Waals surface area contributed by atoms with E-state index in [0.717, 1.165) is 0 Å². The number of rotatable bonds is 5. The summed E-state index contributed by atoms with van der Waals surface area (Å²) in [7, 11) is 0. The molecule has 3 nitrogen and oxygen atoms in total. The third-order valence-corrected chi connectivity index (χ3v) is 3.76. The number of halogens is 4. The summed E-state index contributed by atoms with van der Waals surface area (Å²) in [6.07, 6.45) is 0. The molecule has 23 heavy (non-hydrogen) atoms. The Morgan fingerprint density at radius 3 is 2.61 bits per heavy atom. The van der Waals surface area contributed by atoms with Gasteiger partial charge in [0.1, 0.15) is 11.6 Å². The second kappa shape index (κ2) is 7.50. The van der Waals surface area contributed by atoms with Gasteiger partial charge < -0.3 is 10.1 Å². The molecule has 0 bridgehead atoms. The van der Waals surface area contributed by atoms with Crippen LogP contribution >= 0.6 is 15.9 Å². The van der Waals surface area contributed by atoms with Gasteiger partial charge in [0.2, 0.25) is 0 Å². The maximum absolute atomic E-state index is 13.1. The van der Waals surface area contributed by atoms with Gasteiger partial charge in [-0.05, 0) is 58.7 Å². The molecule has 0 radical (unpaired) electrons. The Hall–Kier alpha value is -2.02. The number of benzene rings is 2. The van der Waals surface area contributed by atoms with Gasteiger partial charge in [-0.15, -0.1) is 0 Å². The van der Waals surface area contributed by atoms with Crippen molar-refractivity contribution in [2.24, 2.45) is 0 Å². The molecule has 2 rings (SSSR count). The predicted molar refractivity (Wildman–Crippen MR) is 83.1 cm³/mol. The molecule has 0 heterocycles. The molecule has 0 saturated heterocycles. The minimum Gasteiger partial charge on any atom is -0.435 e. The predicted octanol–water partition coefficient (Wildman–Crippen LogP) is 4.68. The van der Waals surface area contributed by atoms with Crippen LogP contribution in [-0.2, 0) is 0 Å². The molecule has 122 valence electrons. The normalized spacial score (nSPS) is 12.1. The first-order valence-electron chi connectivity index (χ1n) is 6.67. The van der Waals surface area contributed by atoms with E-state index in [1.807, 2.05) is 0 Å². The summed E-state index contributed by atoms with van der Waals surface area (Å²) in [6.45, 7) is -1.21. The van der Waals surface area contributed by atoms with Gasteiger partial charge in [-0.25, -0.2) is 4.39 Å². The average molecular weight is 388 g/mol. The van der Waals surface area contributed by atoms with Crippen molar-refractivity contribution in [3.63, 3.8) is 0 Å². The molecule has 0 saturated carbocycles. The number of hydrogen-bond donors (Lipinski definition) is 1. The minimum absolute atomic E-state index is 0.0153. The molecule has 1 unspecified atom stereocenters. The number of carbonyl (C=O) groups excluding carboxylic acids is 1. The monoisotopic (exact) mass is 387 g/mol. The molecule has 0 aliphatic rings. The fourth-order valence-corrected chi connectivity index (χ4v) is 2.52. The van der Waals surface area contributed by atoms with Crippen molar-refractivity contribution in [2.75, 3.05) is 0 Å². The van der Waals surface area contributed by atoms with Crippen molar-refractivity contribution < 1.29 is 22.7 Å². The van der Waals surface area contributed by atoms with Gasteiger partial charge in [-0.3, -0.25) is 4.79 Å². The number of nitrogens with one attached hydrogen (secondary N) is 1. The van der Waals surface area contributed by atoms with Gasteiger partial charge >= 0.3 is 6.61 Å². The molecule has 2 aromatic carbocycles. The lowest BCUT2D eigenvalue weighted by Gasteiger charge is -2.16. The summed E-state index contributed by atoms with van der Waals surface area (Å²) in [6, 6.07) is 9.36. The highest BCUT2D eigenvalue weighted by Crippen LogP contribution is 2.22. The third-order valence-electron chi connectivity index (χ3n) is 3.11.